The number of nitrogens with zero attached hydrogens (tertiary/aromatic N) is 2. The Morgan fingerprint density at radius 2 is 1.59 bits per heavy atom. The van der Waals surface area contributed by atoms with Crippen LogP contribution in [0, 0.1) is 0 Å². The number of hydrogen-bond donors (Lipinski definition) is 1. The van der Waals surface area contributed by atoms with Gasteiger partial charge in [-0.25, -0.2) is 8.42 Å². The summed E-state index contributed by atoms with van der Waals surface area (Å²) in [6.45, 7) is 7.74. The number of pyridine rings is 1. The molecule has 0 saturated carbocycles. The summed E-state index contributed by atoms with van der Waals surface area (Å²) in [7, 11) is 0.795. The number of benzene rings is 2. The average molecular weight is 488 g/mol. The molecule has 0 aliphatic carbocycles. The minimum absolute atomic E-state index is 0.111. The van der Waals surface area contributed by atoms with Crippen LogP contribution in [-0.4, -0.2) is 65.8 Å². The molecule has 1 N–H and O–H groups in total. The van der Waals surface area contributed by atoms with Crippen LogP contribution in [-0.2, 0) is 9.84 Å². The summed E-state index contributed by atoms with van der Waals surface area (Å²) in [6.07, 6.45) is 2.27. The highest BCUT2D eigenvalue weighted by Gasteiger charge is 2.25. The van der Waals surface area contributed by atoms with Gasteiger partial charge in [0.25, 0.3) is 0 Å². The van der Waals surface area contributed by atoms with Crippen LogP contribution in [0.1, 0.15) is 20.3 Å². The molecular formula is C25H33N3O5S. The van der Waals surface area contributed by atoms with Crippen molar-refractivity contribution in [1.82, 2.24) is 9.88 Å². The molecule has 3 aromatic rings. The highest BCUT2D eigenvalue weighted by atomic mass is 32.2. The Labute approximate surface area is 201 Å². The van der Waals surface area contributed by atoms with Gasteiger partial charge in [0.2, 0.25) is 9.84 Å². The van der Waals surface area contributed by atoms with Crippen LogP contribution < -0.4 is 19.5 Å². The fraction of sp³-hybridized carbons (Fsp3) is 0.400. The predicted molar refractivity (Wildman–Crippen MR) is 134 cm³/mol. The minimum Gasteiger partial charge on any atom is -0.497 e. The van der Waals surface area contributed by atoms with E-state index in [1.807, 2.05) is 0 Å². The Morgan fingerprint density at radius 1 is 0.941 bits per heavy atom. The van der Waals surface area contributed by atoms with E-state index in [1.54, 1.807) is 45.6 Å². The Hall–Kier alpha value is -3.04. The summed E-state index contributed by atoms with van der Waals surface area (Å²) >= 11 is 0. The first-order valence-electron chi connectivity index (χ1n) is 11.3. The Balaban J connectivity index is 2.09. The van der Waals surface area contributed by atoms with E-state index in [1.165, 1.54) is 18.3 Å². The molecule has 0 amide bonds. The Morgan fingerprint density at radius 3 is 2.18 bits per heavy atom. The maximum absolute atomic E-state index is 13.6. The summed E-state index contributed by atoms with van der Waals surface area (Å²) < 4.78 is 43.3. The van der Waals surface area contributed by atoms with Gasteiger partial charge in [0.15, 0.2) is 11.5 Å². The van der Waals surface area contributed by atoms with Gasteiger partial charge in [0.1, 0.15) is 10.6 Å². The first-order chi connectivity index (χ1) is 16.4. The van der Waals surface area contributed by atoms with E-state index in [9.17, 15) is 8.42 Å². The molecule has 0 unspecified atom stereocenters. The van der Waals surface area contributed by atoms with Crippen molar-refractivity contribution in [2.24, 2.45) is 0 Å². The van der Waals surface area contributed by atoms with E-state index in [-0.39, 0.29) is 9.79 Å². The average Bonchev–Trinajstić information content (AvgIpc) is 2.87. The van der Waals surface area contributed by atoms with Crippen LogP contribution in [0.5, 0.6) is 17.2 Å². The number of sulfone groups is 1. The zero-order chi connectivity index (χ0) is 24.7. The lowest BCUT2D eigenvalue weighted by Crippen LogP contribution is -2.25. The third-order valence-electron chi connectivity index (χ3n) is 5.85. The van der Waals surface area contributed by atoms with Crippen LogP contribution in [0.2, 0.25) is 0 Å². The number of fused-ring (bicyclic) bond motifs is 1. The van der Waals surface area contributed by atoms with Crippen molar-refractivity contribution in [3.05, 3.63) is 42.6 Å². The van der Waals surface area contributed by atoms with Gasteiger partial charge in [-0.1, -0.05) is 13.8 Å². The molecule has 0 bridgehead atoms. The molecule has 3 rings (SSSR count). The molecule has 0 atom stereocenters. The molecule has 1 aromatic heterocycles. The molecule has 1 heterocycles. The molecule has 2 aromatic carbocycles. The summed E-state index contributed by atoms with van der Waals surface area (Å²) in [5, 5.41) is 4.03. The quantitative estimate of drug-likeness (QED) is 0.380. The van der Waals surface area contributed by atoms with Gasteiger partial charge in [-0.2, -0.15) is 0 Å². The van der Waals surface area contributed by atoms with Crippen molar-refractivity contribution in [2.75, 3.05) is 52.8 Å². The zero-order valence-electron chi connectivity index (χ0n) is 20.4. The lowest BCUT2D eigenvalue weighted by Gasteiger charge is -2.20. The summed E-state index contributed by atoms with van der Waals surface area (Å²) in [6, 6.07) is 9.85. The third-order valence-corrected chi connectivity index (χ3v) is 7.63. The molecule has 0 aliphatic heterocycles. The second-order valence-electron chi connectivity index (χ2n) is 7.71. The second-order valence-corrected chi connectivity index (χ2v) is 9.63. The topological polar surface area (TPSA) is 90.0 Å². The van der Waals surface area contributed by atoms with Crippen LogP contribution >= 0.6 is 0 Å². The van der Waals surface area contributed by atoms with Gasteiger partial charge in [0, 0.05) is 24.2 Å². The molecule has 8 nitrogen and oxygen atoms in total. The molecule has 9 heteroatoms. The lowest BCUT2D eigenvalue weighted by molar-refractivity contribution is 0.303. The van der Waals surface area contributed by atoms with Crippen molar-refractivity contribution in [3.8, 4) is 17.2 Å². The normalized spacial score (nSPS) is 11.6. The van der Waals surface area contributed by atoms with Gasteiger partial charge in [-0.3, -0.25) is 4.98 Å². The molecule has 34 heavy (non-hydrogen) atoms. The first-order valence-corrected chi connectivity index (χ1v) is 12.8. The Kier molecular flexibility index (Phi) is 8.57. The van der Waals surface area contributed by atoms with Crippen LogP contribution in [0.15, 0.2) is 52.4 Å². The molecule has 0 fully saturated rings. The number of rotatable bonds is 12. The number of nitrogens with one attached hydrogen (secondary N) is 1. The molecule has 0 saturated heterocycles. The van der Waals surface area contributed by atoms with Gasteiger partial charge in [-0.05, 0) is 56.4 Å². The lowest BCUT2D eigenvalue weighted by atomic mass is 10.1. The minimum atomic E-state index is -3.85. The van der Waals surface area contributed by atoms with E-state index in [0.29, 0.717) is 40.4 Å². The van der Waals surface area contributed by atoms with Crippen LogP contribution in [0.25, 0.3) is 10.9 Å². The smallest absolute Gasteiger partial charge is 0.210 e. The van der Waals surface area contributed by atoms with E-state index >= 15 is 0 Å². The molecule has 0 spiro atoms. The van der Waals surface area contributed by atoms with Gasteiger partial charge < -0.3 is 24.4 Å². The Bertz CT molecular complexity index is 1210. The van der Waals surface area contributed by atoms with Crippen LogP contribution in [0.3, 0.4) is 0 Å². The fourth-order valence-corrected chi connectivity index (χ4v) is 5.22. The molecular weight excluding hydrogens is 454 g/mol. The maximum Gasteiger partial charge on any atom is 0.210 e. The van der Waals surface area contributed by atoms with E-state index in [2.05, 4.69) is 29.0 Å². The highest BCUT2D eigenvalue weighted by molar-refractivity contribution is 7.91. The summed E-state index contributed by atoms with van der Waals surface area (Å²) in [5.74, 6) is 1.62. The van der Waals surface area contributed by atoms with E-state index in [4.69, 9.17) is 14.2 Å². The predicted octanol–water partition coefficient (Wildman–Crippen LogP) is 4.24. The molecule has 0 radical (unpaired) electrons. The number of aromatic nitrogens is 1. The van der Waals surface area contributed by atoms with Crippen molar-refractivity contribution in [1.29, 1.82) is 0 Å². The van der Waals surface area contributed by atoms with Gasteiger partial charge in [-0.15, -0.1) is 0 Å². The number of methoxy groups -OCH3 is 3. The number of anilines is 1. The van der Waals surface area contributed by atoms with Gasteiger partial charge >= 0.3 is 0 Å². The van der Waals surface area contributed by atoms with Crippen LogP contribution in [0.4, 0.5) is 5.69 Å². The monoisotopic (exact) mass is 487 g/mol. The zero-order valence-corrected chi connectivity index (χ0v) is 21.2. The molecule has 184 valence electrons. The fourth-order valence-electron chi connectivity index (χ4n) is 3.82. The maximum atomic E-state index is 13.6. The third kappa shape index (κ3) is 5.37. The molecule has 0 aliphatic rings. The standard InChI is InChI=1S/C25H33N3O5S/c1-6-28(7-2)14-8-13-26-25-20-15-22(32-4)23(33-5)16-21(20)27-17-24(25)34(29,30)19-11-9-18(31-3)10-12-19/h9-12,15-17H,6-8,13-14H2,1-5H3,(H,26,27). The number of hydrogen-bond acceptors (Lipinski definition) is 8. The SMILES string of the molecule is CCN(CC)CCCNc1c(S(=O)(=O)c2ccc(OC)cc2)cnc2cc(OC)c(OC)cc12. The first kappa shape index (κ1) is 25.6. The van der Waals surface area contributed by atoms with Crippen molar-refractivity contribution in [3.63, 3.8) is 0 Å². The van der Waals surface area contributed by atoms with Gasteiger partial charge in [0.05, 0.1) is 37.4 Å². The van der Waals surface area contributed by atoms with E-state index < -0.39 is 9.84 Å². The summed E-state index contributed by atoms with van der Waals surface area (Å²) in [5.41, 5.74) is 1.11. The number of ether oxygens (including phenoxy) is 3. The largest absolute Gasteiger partial charge is 0.497 e. The summed E-state index contributed by atoms with van der Waals surface area (Å²) in [4.78, 5) is 7.05. The van der Waals surface area contributed by atoms with E-state index in [0.717, 1.165) is 26.1 Å². The van der Waals surface area contributed by atoms with Crippen molar-refractivity contribution >= 4 is 26.4 Å². The second kappa shape index (κ2) is 11.4. The highest BCUT2D eigenvalue weighted by Crippen LogP contribution is 2.38. The van der Waals surface area contributed by atoms with Crippen molar-refractivity contribution in [2.45, 2.75) is 30.1 Å². The van der Waals surface area contributed by atoms with Crippen molar-refractivity contribution < 1.29 is 22.6 Å².